The summed E-state index contributed by atoms with van der Waals surface area (Å²) < 4.78 is 0.884. The molecule has 0 spiro atoms. The molecule has 24 heavy (non-hydrogen) atoms. The lowest BCUT2D eigenvalue weighted by Gasteiger charge is -2.33. The third kappa shape index (κ3) is 17.0. The fraction of sp³-hybridized carbons (Fsp3) is 1.00. The van der Waals surface area contributed by atoms with E-state index in [2.05, 4.69) is 28.1 Å². The third-order valence-corrected chi connectivity index (χ3v) is 5.20. The van der Waals surface area contributed by atoms with Crippen molar-refractivity contribution in [1.29, 1.82) is 0 Å². The molecule has 0 rings (SSSR count). The van der Waals surface area contributed by atoms with Gasteiger partial charge in [-0.2, -0.15) is 0 Å². The second-order valence-corrected chi connectivity index (χ2v) is 8.34. The summed E-state index contributed by atoms with van der Waals surface area (Å²) in [5.74, 6) is 0. The highest BCUT2D eigenvalue weighted by Crippen LogP contribution is 2.15. The maximum atomic E-state index is 9.45. The lowest BCUT2D eigenvalue weighted by molar-refractivity contribution is -0.897. The average Bonchev–Trinajstić information content (AvgIpc) is 2.50. The van der Waals surface area contributed by atoms with Gasteiger partial charge >= 0.3 is 0 Å². The first-order valence-electron chi connectivity index (χ1n) is 10.4. The number of rotatable bonds is 17. The van der Waals surface area contributed by atoms with Crippen LogP contribution in [-0.4, -0.2) is 43.4 Å². The van der Waals surface area contributed by atoms with Crippen LogP contribution >= 0.6 is 0 Å². The first-order chi connectivity index (χ1) is 11.0. The van der Waals surface area contributed by atoms with Crippen LogP contribution in [0.4, 0.5) is 0 Å². The van der Waals surface area contributed by atoms with Gasteiger partial charge < -0.3 is 22.0 Å². The molecule has 1 unspecified atom stereocenters. The number of unbranched alkanes of at least 4 members (excludes halogenated alkanes) is 13. The summed E-state index contributed by atoms with van der Waals surface area (Å²) in [5.41, 5.74) is 0. The molecule has 0 bridgehead atoms. The maximum absolute atomic E-state index is 9.45. The topological polar surface area (TPSA) is 20.2 Å². The van der Waals surface area contributed by atoms with Gasteiger partial charge in [0.05, 0.1) is 27.7 Å². The minimum atomic E-state index is 0. The van der Waals surface area contributed by atoms with Crippen LogP contribution in [-0.2, 0) is 0 Å². The Balaban J connectivity index is 0. The first-order valence-corrected chi connectivity index (χ1v) is 10.4. The largest absolute Gasteiger partial charge is 1.00 e. The standard InChI is InChI=1S/C21H46NO.ClH/c1-5-6-7-8-9-10-11-12-13-14-15-16-17-18-19-21(20-23)22(2,3)4;/h21,23H,5-20H2,1-4H3;1H/q+1;/p-1. The highest BCUT2D eigenvalue weighted by molar-refractivity contribution is 4.57. The first kappa shape index (κ1) is 26.4. The molecule has 0 saturated carbocycles. The molecule has 1 atom stereocenters. The molecule has 0 heterocycles. The predicted octanol–water partition coefficient (Wildman–Crippen LogP) is 2.93. The summed E-state index contributed by atoms with van der Waals surface area (Å²) in [6, 6.07) is 0.410. The van der Waals surface area contributed by atoms with Crippen LogP contribution < -0.4 is 12.4 Å². The number of nitrogens with zero attached hydrogens (tertiary/aromatic N) is 1. The maximum Gasteiger partial charge on any atom is 0.112 e. The third-order valence-electron chi connectivity index (χ3n) is 5.20. The van der Waals surface area contributed by atoms with E-state index in [1.54, 1.807) is 0 Å². The highest BCUT2D eigenvalue weighted by atomic mass is 35.5. The Labute approximate surface area is 159 Å². The van der Waals surface area contributed by atoms with Crippen molar-refractivity contribution in [2.24, 2.45) is 0 Å². The van der Waals surface area contributed by atoms with Gasteiger partial charge in [-0.1, -0.05) is 90.4 Å². The van der Waals surface area contributed by atoms with Gasteiger partial charge in [0.25, 0.3) is 0 Å². The van der Waals surface area contributed by atoms with E-state index in [4.69, 9.17) is 0 Å². The Morgan fingerprint density at radius 3 is 1.25 bits per heavy atom. The van der Waals surface area contributed by atoms with Crippen molar-refractivity contribution in [3.8, 4) is 0 Å². The molecule has 0 aromatic carbocycles. The van der Waals surface area contributed by atoms with Crippen molar-refractivity contribution < 1.29 is 22.0 Å². The Kier molecular flexibility index (Phi) is 19.8. The van der Waals surface area contributed by atoms with Gasteiger partial charge in [-0.05, 0) is 6.42 Å². The monoisotopic (exact) mass is 363 g/mol. The molecule has 3 heteroatoms. The Bertz CT molecular complexity index is 240. The van der Waals surface area contributed by atoms with Crippen molar-refractivity contribution in [2.75, 3.05) is 27.7 Å². The van der Waals surface area contributed by atoms with Crippen LogP contribution in [0.15, 0.2) is 0 Å². The van der Waals surface area contributed by atoms with Gasteiger partial charge in [0.1, 0.15) is 6.04 Å². The molecule has 2 nitrogen and oxygen atoms in total. The molecule has 0 saturated heterocycles. The van der Waals surface area contributed by atoms with Crippen molar-refractivity contribution in [3.05, 3.63) is 0 Å². The SMILES string of the molecule is CCCCCCCCCCCCCCCCC(CO)[N+](C)(C)C.[Cl-]. The fourth-order valence-corrected chi connectivity index (χ4v) is 3.30. The molecule has 0 aromatic heterocycles. The van der Waals surface area contributed by atoms with Gasteiger partial charge in [0, 0.05) is 6.42 Å². The van der Waals surface area contributed by atoms with E-state index in [1.165, 1.54) is 89.9 Å². The van der Waals surface area contributed by atoms with Crippen molar-refractivity contribution in [2.45, 2.75) is 109 Å². The van der Waals surface area contributed by atoms with E-state index >= 15 is 0 Å². The zero-order valence-corrected chi connectivity index (χ0v) is 17.9. The molecular formula is C21H46ClNO. The summed E-state index contributed by atoms with van der Waals surface area (Å²) in [7, 11) is 6.56. The van der Waals surface area contributed by atoms with E-state index in [1.807, 2.05) is 0 Å². The summed E-state index contributed by atoms with van der Waals surface area (Å²) in [5, 5.41) is 9.45. The lowest BCUT2D eigenvalue weighted by atomic mass is 10.0. The molecule has 0 aliphatic rings. The Morgan fingerprint density at radius 2 is 0.958 bits per heavy atom. The smallest absolute Gasteiger partial charge is 0.112 e. The van der Waals surface area contributed by atoms with Crippen LogP contribution in [0, 0.1) is 0 Å². The lowest BCUT2D eigenvalue weighted by Crippen LogP contribution is -3.00. The van der Waals surface area contributed by atoms with E-state index < -0.39 is 0 Å². The quantitative estimate of drug-likeness (QED) is 0.311. The number of likely N-dealkylation sites (N-methyl/N-ethyl adjacent to an activating group) is 1. The van der Waals surface area contributed by atoms with Crippen LogP contribution in [0.2, 0.25) is 0 Å². The minimum absolute atomic E-state index is 0. The molecule has 0 radical (unpaired) electrons. The van der Waals surface area contributed by atoms with Crippen molar-refractivity contribution in [1.82, 2.24) is 0 Å². The minimum Gasteiger partial charge on any atom is -1.00 e. The number of halogens is 1. The average molecular weight is 364 g/mol. The Hall–Kier alpha value is 0.210. The number of aliphatic hydroxyl groups excluding tert-OH is 1. The summed E-state index contributed by atoms with van der Waals surface area (Å²) in [6.07, 6.45) is 20.9. The number of hydrogen-bond acceptors (Lipinski definition) is 1. The molecule has 148 valence electrons. The molecule has 0 aliphatic carbocycles. The normalized spacial score (nSPS) is 12.9. The van der Waals surface area contributed by atoms with E-state index in [0.717, 1.165) is 10.9 Å². The zero-order chi connectivity index (χ0) is 17.4. The number of quaternary nitrogens is 1. The van der Waals surface area contributed by atoms with Crippen LogP contribution in [0.5, 0.6) is 0 Å². The summed E-state index contributed by atoms with van der Waals surface area (Å²) >= 11 is 0. The Morgan fingerprint density at radius 1 is 0.625 bits per heavy atom. The van der Waals surface area contributed by atoms with Crippen LogP contribution in [0.25, 0.3) is 0 Å². The van der Waals surface area contributed by atoms with Gasteiger partial charge in [0.15, 0.2) is 0 Å². The molecule has 0 aromatic rings. The van der Waals surface area contributed by atoms with E-state index in [9.17, 15) is 5.11 Å². The van der Waals surface area contributed by atoms with E-state index in [0.29, 0.717) is 12.6 Å². The van der Waals surface area contributed by atoms with Crippen molar-refractivity contribution in [3.63, 3.8) is 0 Å². The molecule has 0 fully saturated rings. The molecular weight excluding hydrogens is 318 g/mol. The fourth-order valence-electron chi connectivity index (χ4n) is 3.30. The predicted molar refractivity (Wildman–Crippen MR) is 104 cm³/mol. The second-order valence-electron chi connectivity index (χ2n) is 8.34. The summed E-state index contributed by atoms with van der Waals surface area (Å²) in [6.45, 7) is 2.61. The second kappa shape index (κ2) is 18.0. The molecule has 0 amide bonds. The highest BCUT2D eigenvalue weighted by Gasteiger charge is 2.21. The summed E-state index contributed by atoms with van der Waals surface area (Å²) in [4.78, 5) is 0. The van der Waals surface area contributed by atoms with Crippen LogP contribution in [0.1, 0.15) is 103 Å². The van der Waals surface area contributed by atoms with Crippen molar-refractivity contribution >= 4 is 0 Å². The van der Waals surface area contributed by atoms with E-state index in [-0.39, 0.29) is 12.4 Å². The number of hydrogen-bond donors (Lipinski definition) is 1. The molecule has 1 N–H and O–H groups in total. The van der Waals surface area contributed by atoms with Gasteiger partial charge in [-0.3, -0.25) is 0 Å². The molecule has 0 aliphatic heterocycles. The zero-order valence-electron chi connectivity index (χ0n) is 17.2. The van der Waals surface area contributed by atoms with Gasteiger partial charge in [-0.15, -0.1) is 0 Å². The number of aliphatic hydroxyl groups is 1. The van der Waals surface area contributed by atoms with Crippen LogP contribution in [0.3, 0.4) is 0 Å². The van der Waals surface area contributed by atoms with Gasteiger partial charge in [-0.25, -0.2) is 0 Å². The van der Waals surface area contributed by atoms with Gasteiger partial charge in [0.2, 0.25) is 0 Å².